The number of amidine groups is 2. The van der Waals surface area contributed by atoms with E-state index in [1.165, 1.54) is 33.0 Å². The highest BCUT2D eigenvalue weighted by Gasteiger charge is 2.22. The predicted molar refractivity (Wildman–Crippen MR) is 262 cm³/mol. The van der Waals surface area contributed by atoms with Gasteiger partial charge in [0.15, 0.2) is 5.84 Å². The first-order valence-electron chi connectivity index (χ1n) is 21.6. The van der Waals surface area contributed by atoms with Crippen LogP contribution in [0.25, 0.3) is 77.7 Å². The maximum atomic E-state index is 5.24. The predicted octanol–water partition coefficient (Wildman–Crippen LogP) is 14.0. The van der Waals surface area contributed by atoms with Crippen LogP contribution >= 0.6 is 0 Å². The number of benzene rings is 9. The van der Waals surface area contributed by atoms with Crippen LogP contribution in [0, 0.1) is 0 Å². The first-order chi connectivity index (χ1) is 31.2. The quantitative estimate of drug-likeness (QED) is 0.158. The minimum absolute atomic E-state index is 0.306. The molecule has 0 fully saturated rings. The molecule has 0 saturated carbocycles. The van der Waals surface area contributed by atoms with Crippen molar-refractivity contribution >= 4 is 33.5 Å². The molecule has 300 valence electrons. The molecule has 1 atom stereocenters. The summed E-state index contributed by atoms with van der Waals surface area (Å²) in [5.74, 6) is 2.49. The van der Waals surface area contributed by atoms with Crippen LogP contribution < -0.4 is 5.32 Å². The molecule has 0 amide bonds. The highest BCUT2D eigenvalue weighted by atomic mass is 15.2. The monoisotopic (exact) mass is 809 g/mol. The van der Waals surface area contributed by atoms with Gasteiger partial charge < -0.3 is 9.88 Å². The highest BCUT2D eigenvalue weighted by molar-refractivity contribution is 6.14. The van der Waals surface area contributed by atoms with Crippen LogP contribution in [0.3, 0.4) is 0 Å². The van der Waals surface area contributed by atoms with Gasteiger partial charge in [0.05, 0.1) is 11.0 Å². The molecule has 0 spiro atoms. The molecule has 5 heteroatoms. The number of hydrogen-bond acceptors (Lipinski definition) is 4. The number of para-hydroxylation sites is 2. The van der Waals surface area contributed by atoms with Crippen LogP contribution in [-0.2, 0) is 6.54 Å². The van der Waals surface area contributed by atoms with Crippen LogP contribution in [0.15, 0.2) is 228 Å². The van der Waals surface area contributed by atoms with E-state index in [2.05, 4.69) is 211 Å². The Kier molecular flexibility index (Phi) is 9.83. The van der Waals surface area contributed by atoms with E-state index < -0.39 is 0 Å². The number of nitrogens with one attached hydrogen (secondary N) is 1. The summed E-state index contributed by atoms with van der Waals surface area (Å²) in [4.78, 5) is 15.4. The van der Waals surface area contributed by atoms with Crippen molar-refractivity contribution in [3.63, 3.8) is 0 Å². The Morgan fingerprint density at radius 1 is 0.444 bits per heavy atom. The summed E-state index contributed by atoms with van der Waals surface area (Å²) in [5.41, 5.74) is 15.7. The van der Waals surface area contributed by atoms with Gasteiger partial charge in [-0.3, -0.25) is 0 Å². The molecule has 0 saturated heterocycles. The van der Waals surface area contributed by atoms with E-state index in [9.17, 15) is 0 Å². The van der Waals surface area contributed by atoms with Gasteiger partial charge in [0.1, 0.15) is 17.8 Å². The second-order valence-corrected chi connectivity index (χ2v) is 15.9. The van der Waals surface area contributed by atoms with Crippen molar-refractivity contribution in [1.29, 1.82) is 0 Å². The van der Waals surface area contributed by atoms with E-state index in [1.807, 2.05) is 24.3 Å². The lowest BCUT2D eigenvalue weighted by atomic mass is 9.91. The Hall–Kier alpha value is -8.15. The zero-order valence-electron chi connectivity index (χ0n) is 34.9. The zero-order valence-corrected chi connectivity index (χ0v) is 34.9. The molecule has 1 N–H and O–H groups in total. The Bertz CT molecular complexity index is 3340. The maximum absolute atomic E-state index is 5.24. The second-order valence-electron chi connectivity index (χ2n) is 15.9. The van der Waals surface area contributed by atoms with Gasteiger partial charge in [-0.2, -0.15) is 0 Å². The molecule has 11 rings (SSSR count). The molecule has 5 nitrogen and oxygen atoms in total. The number of aromatic nitrogens is 2. The Labute approximate surface area is 367 Å². The number of nitrogens with zero attached hydrogens (tertiary/aromatic N) is 4. The molecule has 1 unspecified atom stereocenters. The van der Waals surface area contributed by atoms with E-state index >= 15 is 0 Å². The molecule has 1 aliphatic rings. The Morgan fingerprint density at radius 2 is 0.952 bits per heavy atom. The number of aliphatic imine (C=N–C) groups is 2. The van der Waals surface area contributed by atoms with Crippen molar-refractivity contribution in [3.8, 4) is 55.9 Å². The highest BCUT2D eigenvalue weighted by Crippen LogP contribution is 2.38. The summed E-state index contributed by atoms with van der Waals surface area (Å²) < 4.78 is 2.30. The van der Waals surface area contributed by atoms with Gasteiger partial charge in [-0.1, -0.05) is 188 Å². The lowest BCUT2D eigenvalue weighted by Crippen LogP contribution is -2.33. The van der Waals surface area contributed by atoms with Crippen molar-refractivity contribution in [1.82, 2.24) is 14.9 Å². The van der Waals surface area contributed by atoms with Gasteiger partial charge >= 0.3 is 0 Å². The molecular weight excluding hydrogens is 767 g/mol. The molecule has 10 aromatic rings. The lowest BCUT2D eigenvalue weighted by molar-refractivity contribution is 0.674. The average molecular weight is 810 g/mol. The minimum atomic E-state index is -0.306. The summed E-state index contributed by atoms with van der Waals surface area (Å²) in [7, 11) is 0. The molecule has 1 aliphatic heterocycles. The molecule has 2 heterocycles. The van der Waals surface area contributed by atoms with E-state index in [1.54, 1.807) is 0 Å². The fourth-order valence-corrected chi connectivity index (χ4v) is 8.94. The fraction of sp³-hybridized carbons (Fsp3) is 0.0517. The van der Waals surface area contributed by atoms with Gasteiger partial charge in [-0.15, -0.1) is 0 Å². The smallest absolute Gasteiger partial charge is 0.159 e. The maximum Gasteiger partial charge on any atom is 0.159 e. The van der Waals surface area contributed by atoms with Crippen LogP contribution in [0.4, 0.5) is 0 Å². The number of hydrogen-bond donors (Lipinski definition) is 1. The summed E-state index contributed by atoms with van der Waals surface area (Å²) >= 11 is 0. The van der Waals surface area contributed by atoms with Gasteiger partial charge in [0.2, 0.25) is 0 Å². The molecular formula is C58H43N5. The molecule has 9 aromatic carbocycles. The largest absolute Gasteiger partial charge is 0.344 e. The summed E-state index contributed by atoms with van der Waals surface area (Å²) in [6.45, 7) is 3.03. The average Bonchev–Trinajstić information content (AvgIpc) is 3.75. The molecule has 0 aliphatic carbocycles. The molecule has 0 radical (unpaired) electrons. The van der Waals surface area contributed by atoms with E-state index in [-0.39, 0.29) is 6.17 Å². The SMILES string of the molecule is CCn1c(-c2cccc(-c3cccc(-c4cccc5c(-c6cccc(C7=NC(c8ccc(-c9ccccc9)cc8)NC(c8ccccc8)=N7)c6)cccc45)c3)c2)nc2ccccc21. The first kappa shape index (κ1) is 37.8. The van der Waals surface area contributed by atoms with Crippen molar-refractivity contribution in [2.75, 3.05) is 0 Å². The topological polar surface area (TPSA) is 54.6 Å². The van der Waals surface area contributed by atoms with Crippen molar-refractivity contribution in [3.05, 3.63) is 235 Å². The number of aryl methyl sites for hydroxylation is 1. The normalized spacial score (nSPS) is 13.7. The van der Waals surface area contributed by atoms with E-state index in [0.29, 0.717) is 5.84 Å². The third kappa shape index (κ3) is 7.30. The number of rotatable bonds is 9. The van der Waals surface area contributed by atoms with Gasteiger partial charge in [0.25, 0.3) is 0 Å². The number of imidazole rings is 1. The molecule has 0 bridgehead atoms. The summed E-state index contributed by atoms with van der Waals surface area (Å²) in [5, 5.41) is 6.02. The molecule has 63 heavy (non-hydrogen) atoms. The van der Waals surface area contributed by atoms with Crippen LogP contribution in [-0.4, -0.2) is 21.2 Å². The standard InChI is InChI=1S/C58H43N5/c1-2-63-54-31-10-9-30-53(54)59-58(63)48-25-12-21-44(37-48)43-20-11-22-45(36-43)49-26-14-29-52-50(27-15-28-51(49)52)46-23-13-24-47(38-46)57-61-55(41-18-7-4-8-19-41)60-56(62-57)42-34-32-40(33-35-42)39-16-5-3-6-17-39/h3-38,56H,2H2,1H3,(H,60,61,62). The first-order valence-corrected chi connectivity index (χ1v) is 21.6. The summed E-state index contributed by atoms with van der Waals surface area (Å²) in [6, 6.07) is 77.4. The van der Waals surface area contributed by atoms with Gasteiger partial charge in [-0.25, -0.2) is 15.0 Å². The van der Waals surface area contributed by atoms with Gasteiger partial charge in [0, 0.05) is 23.2 Å². The lowest BCUT2D eigenvalue weighted by Gasteiger charge is -2.24. The second kappa shape index (κ2) is 16.4. The third-order valence-electron chi connectivity index (χ3n) is 12.1. The molecule has 1 aromatic heterocycles. The van der Waals surface area contributed by atoms with Crippen LogP contribution in [0.2, 0.25) is 0 Å². The third-order valence-corrected chi connectivity index (χ3v) is 12.1. The zero-order chi connectivity index (χ0) is 42.1. The fourth-order valence-electron chi connectivity index (χ4n) is 8.94. The number of fused-ring (bicyclic) bond motifs is 2. The van der Waals surface area contributed by atoms with E-state index in [0.717, 1.165) is 73.7 Å². The van der Waals surface area contributed by atoms with Gasteiger partial charge in [-0.05, 0) is 98.1 Å². The van der Waals surface area contributed by atoms with Crippen molar-refractivity contribution < 1.29 is 0 Å². The van der Waals surface area contributed by atoms with Crippen LogP contribution in [0.5, 0.6) is 0 Å². The Balaban J connectivity index is 0.938. The van der Waals surface area contributed by atoms with Crippen molar-refractivity contribution in [2.45, 2.75) is 19.6 Å². The summed E-state index contributed by atoms with van der Waals surface area (Å²) in [6.07, 6.45) is -0.306. The van der Waals surface area contributed by atoms with Crippen molar-refractivity contribution in [2.24, 2.45) is 9.98 Å². The Morgan fingerprint density at radius 3 is 1.62 bits per heavy atom. The minimum Gasteiger partial charge on any atom is -0.344 e. The van der Waals surface area contributed by atoms with E-state index in [4.69, 9.17) is 15.0 Å². The van der Waals surface area contributed by atoms with Crippen LogP contribution in [0.1, 0.15) is 29.8 Å².